The van der Waals surface area contributed by atoms with Crippen molar-refractivity contribution in [2.45, 2.75) is 13.0 Å². The fourth-order valence-corrected chi connectivity index (χ4v) is 3.97. The lowest BCUT2D eigenvalue weighted by molar-refractivity contribution is -0.132. The Labute approximate surface area is 209 Å². The van der Waals surface area contributed by atoms with Gasteiger partial charge >= 0.3 is 5.97 Å². The van der Waals surface area contributed by atoms with Crippen LogP contribution in [0.3, 0.4) is 0 Å². The van der Waals surface area contributed by atoms with Gasteiger partial charge in [-0.3, -0.25) is 14.2 Å². The molecule has 0 saturated heterocycles. The average molecular weight is 516 g/mol. The highest BCUT2D eigenvalue weighted by Gasteiger charge is 2.22. The van der Waals surface area contributed by atoms with Gasteiger partial charge in [0.1, 0.15) is 27.4 Å². The molecule has 0 radical (unpaired) electrons. The van der Waals surface area contributed by atoms with Crippen molar-refractivity contribution in [2.75, 3.05) is 19.5 Å². The molecule has 2 N–H and O–H groups in total. The van der Waals surface area contributed by atoms with Crippen molar-refractivity contribution < 1.29 is 24.2 Å². The van der Waals surface area contributed by atoms with E-state index >= 15 is 0 Å². The number of hydrogen-bond acceptors (Lipinski definition) is 6. The Bertz CT molecular complexity index is 1490. The van der Waals surface area contributed by atoms with E-state index in [4.69, 9.17) is 37.8 Å². The predicted molar refractivity (Wildman–Crippen MR) is 133 cm³/mol. The Hall–Kier alpha value is -3.82. The summed E-state index contributed by atoms with van der Waals surface area (Å²) in [7, 11) is 3.15. The first-order chi connectivity index (χ1) is 16.7. The van der Waals surface area contributed by atoms with Crippen LogP contribution >= 0.6 is 23.2 Å². The van der Waals surface area contributed by atoms with Gasteiger partial charge in [0.15, 0.2) is 0 Å². The lowest BCUT2D eigenvalue weighted by atomic mass is 10.1. The second-order valence-corrected chi connectivity index (χ2v) is 8.29. The lowest BCUT2D eigenvalue weighted by Crippen LogP contribution is -2.21. The molecule has 11 heteroatoms. The number of carboxylic acids is 1. The van der Waals surface area contributed by atoms with Gasteiger partial charge < -0.3 is 19.9 Å². The molecular formula is C24H19Cl2N3O6. The van der Waals surface area contributed by atoms with Gasteiger partial charge in [0.25, 0.3) is 11.5 Å². The first kappa shape index (κ1) is 24.3. The maximum absolute atomic E-state index is 13.1. The number of hydrogen-bond donors (Lipinski definition) is 2. The molecule has 1 aliphatic rings. The van der Waals surface area contributed by atoms with Gasteiger partial charge in [0, 0.05) is 17.8 Å². The van der Waals surface area contributed by atoms with Gasteiger partial charge in [-0.2, -0.15) is 0 Å². The number of halogens is 2. The number of amides is 1. The molecular weight excluding hydrogens is 497 g/mol. The summed E-state index contributed by atoms with van der Waals surface area (Å²) in [6.45, 7) is 0.474. The van der Waals surface area contributed by atoms with Crippen LogP contribution in [0.5, 0.6) is 11.5 Å². The van der Waals surface area contributed by atoms with Crippen LogP contribution in [-0.2, 0) is 16.1 Å². The van der Waals surface area contributed by atoms with Crippen LogP contribution in [0.2, 0.25) is 0 Å². The fourth-order valence-electron chi connectivity index (χ4n) is 3.75. The molecule has 0 atom stereocenters. The minimum absolute atomic E-state index is 0.212. The standard InChI is InChI=1S/C24H19Cl2N3O6/c1-34-15-4-6-18(35-2)13(10-15)9-12-7-8-29-21(12)28-17-11-14(3-5-16(17)23(29)31)27-22(30)19(25)20(26)24(32)33/h3-6,9-11H,7-8H2,1-2H3,(H,27,30)(H,32,33)/b12-9?,20-19-. The zero-order valence-corrected chi connectivity index (χ0v) is 20.1. The number of ether oxygens (including phenoxy) is 2. The number of rotatable bonds is 6. The lowest BCUT2D eigenvalue weighted by Gasteiger charge is -2.10. The third-order valence-electron chi connectivity index (χ3n) is 5.45. The molecule has 2 aromatic carbocycles. The molecule has 0 unspecified atom stereocenters. The molecule has 1 aromatic heterocycles. The Kier molecular flexibility index (Phi) is 6.81. The molecule has 2 heterocycles. The number of anilines is 1. The SMILES string of the molecule is COc1ccc(OC)c(C=C2CCn3c2nc2cc(NC(=O)/C(Cl)=C(/Cl)C(=O)O)ccc2c3=O)c1. The molecule has 0 saturated carbocycles. The van der Waals surface area contributed by atoms with E-state index < -0.39 is 21.9 Å². The van der Waals surface area contributed by atoms with Gasteiger partial charge in [-0.05, 0) is 54.5 Å². The van der Waals surface area contributed by atoms with E-state index in [0.29, 0.717) is 41.2 Å². The molecule has 1 aliphatic heterocycles. The second-order valence-electron chi connectivity index (χ2n) is 7.54. The number of carbonyl (C=O) groups excluding carboxylic acids is 1. The van der Waals surface area contributed by atoms with Crippen molar-refractivity contribution in [3.05, 3.63) is 68.2 Å². The van der Waals surface area contributed by atoms with Crippen molar-refractivity contribution in [3.8, 4) is 11.5 Å². The summed E-state index contributed by atoms with van der Waals surface area (Å²) in [5, 5.41) is 10.3. The zero-order valence-electron chi connectivity index (χ0n) is 18.6. The van der Waals surface area contributed by atoms with Gasteiger partial charge in [-0.1, -0.05) is 23.2 Å². The second kappa shape index (κ2) is 9.81. The number of benzene rings is 2. The number of allylic oxidation sites excluding steroid dienone is 1. The Balaban J connectivity index is 1.75. The van der Waals surface area contributed by atoms with Crippen molar-refractivity contribution in [1.82, 2.24) is 9.55 Å². The molecule has 0 fully saturated rings. The van der Waals surface area contributed by atoms with Gasteiger partial charge in [-0.15, -0.1) is 0 Å². The monoisotopic (exact) mass is 515 g/mol. The quantitative estimate of drug-likeness (QED) is 0.474. The largest absolute Gasteiger partial charge is 0.497 e. The number of carboxylic acid groups (broad SMARTS) is 1. The third kappa shape index (κ3) is 4.73. The van der Waals surface area contributed by atoms with E-state index in [2.05, 4.69) is 10.3 Å². The topological polar surface area (TPSA) is 120 Å². The van der Waals surface area contributed by atoms with Gasteiger partial charge in [0.2, 0.25) is 0 Å². The molecule has 1 amide bonds. The summed E-state index contributed by atoms with van der Waals surface area (Å²) in [5.41, 5.74) is 2.03. The van der Waals surface area contributed by atoms with Crippen molar-refractivity contribution >= 4 is 63.3 Å². The number of nitrogens with one attached hydrogen (secondary N) is 1. The Morgan fingerprint density at radius 3 is 2.57 bits per heavy atom. The van der Waals surface area contributed by atoms with Gasteiger partial charge in [0.05, 0.1) is 25.1 Å². The van der Waals surface area contributed by atoms with Crippen molar-refractivity contribution in [1.29, 1.82) is 0 Å². The highest BCUT2D eigenvalue weighted by molar-refractivity contribution is 6.54. The molecule has 3 aromatic rings. The first-order valence-electron chi connectivity index (χ1n) is 10.3. The molecule has 0 bridgehead atoms. The highest BCUT2D eigenvalue weighted by atomic mass is 35.5. The van der Waals surface area contributed by atoms with Crippen molar-refractivity contribution in [2.24, 2.45) is 0 Å². The molecule has 35 heavy (non-hydrogen) atoms. The van der Waals surface area contributed by atoms with E-state index in [0.717, 1.165) is 11.1 Å². The summed E-state index contributed by atoms with van der Waals surface area (Å²) < 4.78 is 12.4. The smallest absolute Gasteiger partial charge is 0.349 e. The van der Waals surface area contributed by atoms with Crippen LogP contribution in [0.25, 0.3) is 22.6 Å². The maximum Gasteiger partial charge on any atom is 0.349 e. The van der Waals surface area contributed by atoms with E-state index in [-0.39, 0.29) is 11.2 Å². The Morgan fingerprint density at radius 2 is 1.89 bits per heavy atom. The third-order valence-corrected chi connectivity index (χ3v) is 6.26. The van der Waals surface area contributed by atoms with Crippen LogP contribution in [0.1, 0.15) is 17.8 Å². The highest BCUT2D eigenvalue weighted by Crippen LogP contribution is 2.32. The summed E-state index contributed by atoms with van der Waals surface area (Å²) in [6.07, 6.45) is 2.50. The predicted octanol–water partition coefficient (Wildman–Crippen LogP) is 4.07. The summed E-state index contributed by atoms with van der Waals surface area (Å²) >= 11 is 11.3. The number of methoxy groups -OCH3 is 2. The van der Waals surface area contributed by atoms with E-state index in [9.17, 15) is 14.4 Å². The van der Waals surface area contributed by atoms with E-state index in [1.54, 1.807) is 30.9 Å². The summed E-state index contributed by atoms with van der Waals surface area (Å²) in [6, 6.07) is 9.97. The summed E-state index contributed by atoms with van der Waals surface area (Å²) in [4.78, 5) is 41.0. The number of aromatic nitrogens is 2. The minimum Gasteiger partial charge on any atom is -0.497 e. The number of nitrogens with zero attached hydrogens (tertiary/aromatic N) is 2. The zero-order chi connectivity index (χ0) is 25.3. The molecule has 180 valence electrons. The molecule has 0 aliphatic carbocycles. The van der Waals surface area contributed by atoms with Crippen LogP contribution in [0.15, 0.2) is 51.3 Å². The average Bonchev–Trinajstić information content (AvgIpc) is 3.25. The van der Waals surface area contributed by atoms with E-state index in [1.807, 2.05) is 12.1 Å². The molecule has 9 nitrogen and oxygen atoms in total. The number of carbonyl (C=O) groups is 2. The normalized spacial score (nSPS) is 14.5. The van der Waals surface area contributed by atoms with Gasteiger partial charge in [-0.25, -0.2) is 9.78 Å². The maximum atomic E-state index is 13.1. The number of fused-ring (bicyclic) bond motifs is 2. The molecule has 4 rings (SSSR count). The van der Waals surface area contributed by atoms with Crippen LogP contribution in [0.4, 0.5) is 5.69 Å². The molecule has 0 spiro atoms. The Morgan fingerprint density at radius 1 is 1.11 bits per heavy atom. The van der Waals surface area contributed by atoms with Crippen LogP contribution < -0.4 is 20.3 Å². The minimum atomic E-state index is -1.53. The van der Waals surface area contributed by atoms with Crippen LogP contribution in [0, 0.1) is 0 Å². The van der Waals surface area contributed by atoms with Crippen molar-refractivity contribution in [3.63, 3.8) is 0 Å². The van der Waals surface area contributed by atoms with E-state index in [1.165, 1.54) is 18.2 Å². The number of aliphatic carboxylic acids is 1. The fraction of sp³-hybridized carbons (Fsp3) is 0.167. The van der Waals surface area contributed by atoms with Crippen LogP contribution in [-0.4, -0.2) is 40.8 Å². The summed E-state index contributed by atoms with van der Waals surface area (Å²) in [5.74, 6) is -0.613. The first-order valence-corrected chi connectivity index (χ1v) is 11.1.